The second kappa shape index (κ2) is 10.6. The maximum atomic E-state index is 13.6. The third kappa shape index (κ3) is 5.86. The molecule has 196 valence electrons. The second-order valence-corrected chi connectivity index (χ2v) is 12.0. The fourth-order valence-corrected chi connectivity index (χ4v) is 6.91. The zero-order valence-electron chi connectivity index (χ0n) is 22.4. The summed E-state index contributed by atoms with van der Waals surface area (Å²) in [5.41, 5.74) is 7.68. The van der Waals surface area contributed by atoms with Gasteiger partial charge in [-0.25, -0.2) is 8.42 Å². The minimum absolute atomic E-state index is 0.0735. The Kier molecular flexibility index (Phi) is 7.71. The number of anilines is 1. The van der Waals surface area contributed by atoms with E-state index in [1.165, 1.54) is 9.87 Å². The molecule has 1 aliphatic rings. The molecular formula is C29H35N3O4S. The van der Waals surface area contributed by atoms with Gasteiger partial charge in [0.15, 0.2) is 10.7 Å². The van der Waals surface area contributed by atoms with E-state index in [1.807, 2.05) is 52.8 Å². The van der Waals surface area contributed by atoms with Gasteiger partial charge < -0.3 is 9.84 Å². The molecule has 0 radical (unpaired) electrons. The van der Waals surface area contributed by atoms with Gasteiger partial charge in [0.25, 0.3) is 0 Å². The second-order valence-electron chi connectivity index (χ2n) is 10.2. The highest BCUT2D eigenvalue weighted by Crippen LogP contribution is 2.30. The topological polar surface area (TPSA) is 92.5 Å². The van der Waals surface area contributed by atoms with Crippen molar-refractivity contribution >= 4 is 33.8 Å². The smallest absolute Gasteiger partial charge is 0.248 e. The number of aryl methyl sites for hydroxylation is 6. The van der Waals surface area contributed by atoms with Crippen LogP contribution in [0.2, 0.25) is 0 Å². The molecule has 0 bridgehead atoms. The third-order valence-electron chi connectivity index (χ3n) is 6.88. The molecule has 1 amide bonds. The molecule has 0 unspecified atom stereocenters. The number of piperidine rings is 1. The predicted molar refractivity (Wildman–Crippen MR) is 147 cm³/mol. The van der Waals surface area contributed by atoms with Gasteiger partial charge in [0, 0.05) is 24.7 Å². The van der Waals surface area contributed by atoms with E-state index in [0.29, 0.717) is 18.5 Å². The van der Waals surface area contributed by atoms with Crippen molar-refractivity contribution in [2.45, 2.75) is 59.3 Å². The summed E-state index contributed by atoms with van der Waals surface area (Å²) in [6.07, 6.45) is 4.47. The highest BCUT2D eigenvalue weighted by atomic mass is 32.2. The molecular weight excluding hydrogens is 486 g/mol. The largest absolute Gasteiger partial charge is 0.355 e. The first-order chi connectivity index (χ1) is 17.5. The van der Waals surface area contributed by atoms with E-state index in [-0.39, 0.29) is 35.6 Å². The first-order valence-electron chi connectivity index (χ1n) is 12.6. The van der Waals surface area contributed by atoms with E-state index in [1.54, 1.807) is 13.0 Å². The van der Waals surface area contributed by atoms with Crippen LogP contribution in [0.5, 0.6) is 0 Å². The zero-order chi connectivity index (χ0) is 26.9. The van der Waals surface area contributed by atoms with Crippen LogP contribution in [0.1, 0.15) is 57.7 Å². The molecule has 3 aromatic rings. The number of sulfonamides is 1. The van der Waals surface area contributed by atoms with Gasteiger partial charge in [-0.1, -0.05) is 35.0 Å². The van der Waals surface area contributed by atoms with Gasteiger partial charge in [-0.05, 0) is 100 Å². The zero-order valence-corrected chi connectivity index (χ0v) is 23.2. The van der Waals surface area contributed by atoms with E-state index in [2.05, 4.69) is 28.7 Å². The Hall–Kier alpha value is -3.23. The Bertz CT molecular complexity index is 1420. The normalized spacial score (nSPS) is 15.4. The molecule has 1 aromatic heterocycles. The van der Waals surface area contributed by atoms with Gasteiger partial charge in [-0.2, -0.15) is 4.31 Å². The summed E-state index contributed by atoms with van der Waals surface area (Å²) in [6, 6.07) is 10.1. The maximum absolute atomic E-state index is 13.6. The first-order valence-corrected chi connectivity index (χ1v) is 14.0. The lowest BCUT2D eigenvalue weighted by atomic mass is 9.97. The minimum Gasteiger partial charge on any atom is -0.355 e. The molecule has 4 rings (SSSR count). The van der Waals surface area contributed by atoms with Crippen molar-refractivity contribution in [1.29, 1.82) is 0 Å². The molecule has 7 nitrogen and oxygen atoms in total. The summed E-state index contributed by atoms with van der Waals surface area (Å²) < 4.78 is 34.1. The predicted octanol–water partition coefficient (Wildman–Crippen LogP) is 5.73. The first kappa shape index (κ1) is 26.8. The standard InChI is InChI=1S/C29H35N3O4S/c1-18-13-19(2)17-25(16-18)30-29(33)24-9-11-32(12-10-24)37(34,35)28-23(6)31-36-27(28)8-7-26-21(4)14-20(3)15-22(26)5/h7-8,13-17,24H,9-12H2,1-6H3,(H,30,33)/b8-7+. The Morgan fingerprint density at radius 3 is 2.08 bits per heavy atom. The third-order valence-corrected chi connectivity index (χ3v) is 8.94. The number of nitrogens with one attached hydrogen (secondary N) is 1. The van der Waals surface area contributed by atoms with Gasteiger partial charge >= 0.3 is 0 Å². The van der Waals surface area contributed by atoms with Gasteiger partial charge in [0.05, 0.1) is 0 Å². The Balaban J connectivity index is 1.48. The van der Waals surface area contributed by atoms with Crippen molar-refractivity contribution < 1.29 is 17.7 Å². The quantitative estimate of drug-likeness (QED) is 0.447. The SMILES string of the molecule is Cc1cc(C)cc(NC(=O)C2CCN(S(=O)(=O)c3c(C)noc3/C=C/c3c(C)cc(C)cc3C)CC2)c1. The Labute approximate surface area is 219 Å². The molecule has 0 atom stereocenters. The summed E-state index contributed by atoms with van der Waals surface area (Å²) in [5, 5.41) is 6.95. The summed E-state index contributed by atoms with van der Waals surface area (Å²) in [5.74, 6) is -0.107. The Morgan fingerprint density at radius 1 is 0.919 bits per heavy atom. The number of benzene rings is 2. The van der Waals surface area contributed by atoms with E-state index in [9.17, 15) is 13.2 Å². The van der Waals surface area contributed by atoms with E-state index < -0.39 is 10.0 Å². The molecule has 0 saturated carbocycles. The van der Waals surface area contributed by atoms with Crippen molar-refractivity contribution in [2.24, 2.45) is 5.92 Å². The molecule has 1 saturated heterocycles. The molecule has 2 aromatic carbocycles. The van der Waals surface area contributed by atoms with Crippen LogP contribution >= 0.6 is 0 Å². The molecule has 37 heavy (non-hydrogen) atoms. The van der Waals surface area contributed by atoms with Crippen molar-refractivity contribution in [2.75, 3.05) is 18.4 Å². The molecule has 0 spiro atoms. The fraction of sp³-hybridized carbons (Fsp3) is 0.379. The summed E-state index contributed by atoms with van der Waals surface area (Å²) in [6.45, 7) is 12.3. The van der Waals surface area contributed by atoms with E-state index in [0.717, 1.165) is 33.5 Å². The highest BCUT2D eigenvalue weighted by Gasteiger charge is 2.36. The van der Waals surface area contributed by atoms with E-state index in [4.69, 9.17) is 4.52 Å². The van der Waals surface area contributed by atoms with Crippen LogP contribution in [0.15, 0.2) is 39.8 Å². The van der Waals surface area contributed by atoms with Gasteiger partial charge in [0.2, 0.25) is 15.9 Å². The van der Waals surface area contributed by atoms with Gasteiger partial charge in [-0.3, -0.25) is 4.79 Å². The summed E-state index contributed by atoms with van der Waals surface area (Å²) in [4.78, 5) is 13.0. The lowest BCUT2D eigenvalue weighted by molar-refractivity contribution is -0.120. The average molecular weight is 522 g/mol. The minimum atomic E-state index is -3.84. The number of hydrogen-bond acceptors (Lipinski definition) is 5. The van der Waals surface area contributed by atoms with Crippen LogP contribution in [0.3, 0.4) is 0 Å². The van der Waals surface area contributed by atoms with Gasteiger partial charge in [0.1, 0.15) is 5.69 Å². The monoisotopic (exact) mass is 521 g/mol. The van der Waals surface area contributed by atoms with Crippen LogP contribution in [-0.2, 0) is 14.8 Å². The average Bonchev–Trinajstić information content (AvgIpc) is 3.18. The number of carbonyl (C=O) groups excluding carboxylic acids is 1. The molecule has 8 heteroatoms. The molecule has 1 aliphatic heterocycles. The molecule has 0 aliphatic carbocycles. The maximum Gasteiger partial charge on any atom is 0.248 e. The fourth-order valence-electron chi connectivity index (χ4n) is 5.19. The van der Waals surface area contributed by atoms with Crippen molar-refractivity contribution in [1.82, 2.24) is 9.46 Å². The van der Waals surface area contributed by atoms with Crippen LogP contribution in [0.4, 0.5) is 5.69 Å². The summed E-state index contributed by atoms with van der Waals surface area (Å²) >= 11 is 0. The number of carbonyl (C=O) groups is 1. The number of nitrogens with zero attached hydrogens (tertiary/aromatic N) is 2. The molecule has 2 heterocycles. The van der Waals surface area contributed by atoms with Gasteiger partial charge in [-0.15, -0.1) is 0 Å². The summed E-state index contributed by atoms with van der Waals surface area (Å²) in [7, 11) is -3.84. The van der Waals surface area contributed by atoms with Crippen molar-refractivity contribution in [3.05, 3.63) is 75.2 Å². The van der Waals surface area contributed by atoms with Crippen LogP contribution in [-0.4, -0.2) is 36.9 Å². The molecule has 1 N–H and O–H groups in total. The van der Waals surface area contributed by atoms with Crippen molar-refractivity contribution in [3.63, 3.8) is 0 Å². The number of rotatable bonds is 6. The number of hydrogen-bond donors (Lipinski definition) is 1. The van der Waals surface area contributed by atoms with Crippen LogP contribution in [0, 0.1) is 47.5 Å². The van der Waals surface area contributed by atoms with Crippen LogP contribution in [0.25, 0.3) is 12.2 Å². The van der Waals surface area contributed by atoms with E-state index >= 15 is 0 Å². The lowest BCUT2D eigenvalue weighted by Crippen LogP contribution is -2.41. The molecule has 1 fully saturated rings. The lowest BCUT2D eigenvalue weighted by Gasteiger charge is -2.30. The number of aromatic nitrogens is 1. The van der Waals surface area contributed by atoms with Crippen LogP contribution < -0.4 is 5.32 Å². The number of amides is 1. The Morgan fingerprint density at radius 2 is 1.49 bits per heavy atom. The van der Waals surface area contributed by atoms with Crippen molar-refractivity contribution in [3.8, 4) is 0 Å². The highest BCUT2D eigenvalue weighted by molar-refractivity contribution is 7.89.